The van der Waals surface area contributed by atoms with Gasteiger partial charge in [-0.1, -0.05) is 0 Å². The summed E-state index contributed by atoms with van der Waals surface area (Å²) in [4.78, 5) is 25.8. The van der Waals surface area contributed by atoms with Crippen LogP contribution in [0.2, 0.25) is 0 Å². The van der Waals surface area contributed by atoms with Gasteiger partial charge in [0.05, 0.1) is 6.54 Å². The van der Waals surface area contributed by atoms with Crippen LogP contribution >= 0.6 is 0 Å². The number of unbranched alkanes of at least 4 members (excludes halogenated alkanes) is 2. The molecule has 1 aliphatic heterocycles. The summed E-state index contributed by atoms with van der Waals surface area (Å²) in [5, 5.41) is 2.87. The highest BCUT2D eigenvalue weighted by molar-refractivity contribution is 5.98. The Bertz CT molecular complexity index is 395. The average molecular weight is 248 g/mol. The average Bonchev–Trinajstić information content (AvgIpc) is 3.14. The van der Waals surface area contributed by atoms with E-state index < -0.39 is 5.54 Å². The Morgan fingerprint density at radius 2 is 2.17 bits per heavy atom. The standard InChI is InChI=1S/C14H20N2O2/c1-3-4-5-6-9-16-10-12(17)15-14(2,13(16)18)11-7-8-11/h1,11H,4-10H2,2H3,(H,15,17). The van der Waals surface area contributed by atoms with E-state index in [9.17, 15) is 9.59 Å². The maximum atomic E-state index is 12.4. The number of hydrogen-bond donors (Lipinski definition) is 1. The number of rotatable bonds is 5. The normalized spacial score (nSPS) is 27.9. The number of nitrogens with one attached hydrogen (secondary N) is 1. The highest BCUT2D eigenvalue weighted by Gasteiger charge is 2.52. The number of terminal acetylenes is 1. The van der Waals surface area contributed by atoms with Gasteiger partial charge in [-0.15, -0.1) is 12.3 Å². The van der Waals surface area contributed by atoms with Crippen molar-refractivity contribution in [1.29, 1.82) is 0 Å². The van der Waals surface area contributed by atoms with Crippen LogP contribution in [0.25, 0.3) is 0 Å². The number of hydrogen-bond acceptors (Lipinski definition) is 2. The molecule has 1 heterocycles. The van der Waals surface area contributed by atoms with Crippen molar-refractivity contribution in [2.45, 2.75) is 44.6 Å². The molecule has 1 atom stereocenters. The van der Waals surface area contributed by atoms with E-state index in [-0.39, 0.29) is 18.4 Å². The van der Waals surface area contributed by atoms with Gasteiger partial charge in [0.15, 0.2) is 0 Å². The first-order valence-corrected chi connectivity index (χ1v) is 6.62. The van der Waals surface area contributed by atoms with Crippen LogP contribution in [0.1, 0.15) is 39.0 Å². The van der Waals surface area contributed by atoms with Gasteiger partial charge in [-0.25, -0.2) is 0 Å². The Morgan fingerprint density at radius 1 is 1.44 bits per heavy atom. The van der Waals surface area contributed by atoms with Crippen LogP contribution in [0.3, 0.4) is 0 Å². The number of carbonyl (C=O) groups is 2. The summed E-state index contributed by atoms with van der Waals surface area (Å²) in [6.45, 7) is 2.69. The lowest BCUT2D eigenvalue weighted by molar-refractivity contribution is -0.150. The maximum Gasteiger partial charge on any atom is 0.248 e. The topological polar surface area (TPSA) is 49.4 Å². The van der Waals surface area contributed by atoms with Crippen molar-refractivity contribution in [2.24, 2.45) is 5.92 Å². The molecular weight excluding hydrogens is 228 g/mol. The lowest BCUT2D eigenvalue weighted by atomic mass is 9.91. The van der Waals surface area contributed by atoms with Gasteiger partial charge < -0.3 is 10.2 Å². The number of carbonyl (C=O) groups excluding carboxylic acids is 2. The van der Waals surface area contributed by atoms with Crippen LogP contribution in [-0.2, 0) is 9.59 Å². The van der Waals surface area contributed by atoms with E-state index in [1.165, 1.54) is 0 Å². The molecule has 0 aromatic carbocycles. The van der Waals surface area contributed by atoms with E-state index in [4.69, 9.17) is 6.42 Å². The van der Waals surface area contributed by atoms with E-state index in [1.807, 2.05) is 6.92 Å². The molecule has 1 unspecified atom stereocenters. The van der Waals surface area contributed by atoms with Crippen LogP contribution in [0, 0.1) is 18.3 Å². The molecule has 1 saturated carbocycles. The van der Waals surface area contributed by atoms with Crippen molar-refractivity contribution in [3.8, 4) is 12.3 Å². The van der Waals surface area contributed by atoms with Crippen LogP contribution < -0.4 is 5.32 Å². The van der Waals surface area contributed by atoms with Gasteiger partial charge in [-0.05, 0) is 38.5 Å². The zero-order chi connectivity index (χ0) is 13.2. The molecule has 98 valence electrons. The first-order chi connectivity index (χ1) is 8.58. The molecular formula is C14H20N2O2. The fourth-order valence-electron chi connectivity index (χ4n) is 2.60. The van der Waals surface area contributed by atoms with Gasteiger partial charge in [-0.3, -0.25) is 9.59 Å². The molecule has 1 saturated heterocycles. The Morgan fingerprint density at radius 3 is 2.78 bits per heavy atom. The Labute approximate surface area is 108 Å². The van der Waals surface area contributed by atoms with Gasteiger partial charge >= 0.3 is 0 Å². The molecule has 1 N–H and O–H groups in total. The molecule has 0 spiro atoms. The summed E-state index contributed by atoms with van der Waals surface area (Å²) >= 11 is 0. The first kappa shape index (κ1) is 12.9. The molecule has 4 nitrogen and oxygen atoms in total. The minimum absolute atomic E-state index is 0.0408. The largest absolute Gasteiger partial charge is 0.340 e. The molecule has 0 radical (unpaired) electrons. The third-order valence-electron chi connectivity index (χ3n) is 3.86. The summed E-state index contributed by atoms with van der Waals surface area (Å²) in [5.74, 6) is 2.94. The van der Waals surface area contributed by atoms with E-state index in [2.05, 4.69) is 11.2 Å². The molecule has 1 aliphatic carbocycles. The van der Waals surface area contributed by atoms with Crippen molar-refractivity contribution in [1.82, 2.24) is 10.2 Å². The lowest BCUT2D eigenvalue weighted by Gasteiger charge is -2.40. The van der Waals surface area contributed by atoms with Crippen LogP contribution in [0.5, 0.6) is 0 Å². The quantitative estimate of drug-likeness (QED) is 0.581. The van der Waals surface area contributed by atoms with Crippen molar-refractivity contribution in [2.75, 3.05) is 13.1 Å². The zero-order valence-electron chi connectivity index (χ0n) is 10.9. The van der Waals surface area contributed by atoms with Crippen LogP contribution in [-0.4, -0.2) is 35.3 Å². The number of amides is 2. The third-order valence-corrected chi connectivity index (χ3v) is 3.86. The van der Waals surface area contributed by atoms with Gasteiger partial charge in [-0.2, -0.15) is 0 Å². The number of nitrogens with zero attached hydrogens (tertiary/aromatic N) is 1. The van der Waals surface area contributed by atoms with Crippen LogP contribution in [0.4, 0.5) is 0 Å². The molecule has 4 heteroatoms. The van der Waals surface area contributed by atoms with Gasteiger partial charge in [0.1, 0.15) is 5.54 Å². The monoisotopic (exact) mass is 248 g/mol. The van der Waals surface area contributed by atoms with Crippen LogP contribution in [0.15, 0.2) is 0 Å². The van der Waals surface area contributed by atoms with E-state index in [0.717, 1.165) is 32.1 Å². The highest BCUT2D eigenvalue weighted by atomic mass is 16.2. The zero-order valence-corrected chi connectivity index (χ0v) is 10.9. The Balaban J connectivity index is 1.95. The minimum Gasteiger partial charge on any atom is -0.340 e. The number of piperazine rings is 1. The predicted molar refractivity (Wildman–Crippen MR) is 68.5 cm³/mol. The molecule has 2 rings (SSSR count). The van der Waals surface area contributed by atoms with Crippen molar-refractivity contribution in [3.63, 3.8) is 0 Å². The second-order valence-electron chi connectivity index (χ2n) is 5.41. The summed E-state index contributed by atoms with van der Waals surface area (Å²) in [6, 6.07) is 0. The van der Waals surface area contributed by atoms with E-state index in [1.54, 1.807) is 4.90 Å². The molecule has 2 amide bonds. The van der Waals surface area contributed by atoms with E-state index >= 15 is 0 Å². The Hall–Kier alpha value is -1.50. The fourth-order valence-corrected chi connectivity index (χ4v) is 2.60. The molecule has 2 fully saturated rings. The van der Waals surface area contributed by atoms with Crippen molar-refractivity contribution >= 4 is 11.8 Å². The van der Waals surface area contributed by atoms with Gasteiger partial charge in [0.25, 0.3) is 0 Å². The van der Waals surface area contributed by atoms with Gasteiger partial charge in [0, 0.05) is 13.0 Å². The van der Waals surface area contributed by atoms with Crippen molar-refractivity contribution < 1.29 is 9.59 Å². The van der Waals surface area contributed by atoms with Crippen molar-refractivity contribution in [3.05, 3.63) is 0 Å². The molecule has 18 heavy (non-hydrogen) atoms. The second kappa shape index (κ2) is 5.01. The first-order valence-electron chi connectivity index (χ1n) is 6.62. The fraction of sp³-hybridized carbons (Fsp3) is 0.714. The SMILES string of the molecule is C#CCCCCN1CC(=O)NC(C)(C2CC2)C1=O. The van der Waals surface area contributed by atoms with E-state index in [0.29, 0.717) is 12.5 Å². The summed E-state index contributed by atoms with van der Waals surface area (Å²) in [5.41, 5.74) is -0.665. The molecule has 0 aromatic heterocycles. The highest BCUT2D eigenvalue weighted by Crippen LogP contribution is 2.41. The summed E-state index contributed by atoms with van der Waals surface area (Å²) in [7, 11) is 0. The molecule has 0 aromatic rings. The van der Waals surface area contributed by atoms with Gasteiger partial charge in [0.2, 0.25) is 11.8 Å². The second-order valence-corrected chi connectivity index (χ2v) is 5.41. The summed E-state index contributed by atoms with van der Waals surface area (Å²) in [6.07, 6.45) is 9.76. The lowest BCUT2D eigenvalue weighted by Crippen LogP contribution is -2.66. The Kier molecular flexibility index (Phi) is 3.60. The molecule has 2 aliphatic rings. The molecule has 0 bridgehead atoms. The predicted octanol–water partition coefficient (Wildman–Crippen LogP) is 0.917. The maximum absolute atomic E-state index is 12.4. The minimum atomic E-state index is -0.665. The summed E-state index contributed by atoms with van der Waals surface area (Å²) < 4.78 is 0. The third kappa shape index (κ3) is 2.50. The smallest absolute Gasteiger partial charge is 0.248 e.